The lowest BCUT2D eigenvalue weighted by molar-refractivity contribution is -0.131. The average molecular weight is 463 g/mol. The Balaban J connectivity index is 1.18. The van der Waals surface area contributed by atoms with Crippen molar-refractivity contribution in [2.45, 2.75) is 42.8 Å². The number of carbonyl (C=O) groups excluding carboxylic acids is 2. The zero-order chi connectivity index (χ0) is 22.6. The van der Waals surface area contributed by atoms with Crippen LogP contribution < -0.4 is 0 Å². The van der Waals surface area contributed by atoms with E-state index in [0.29, 0.717) is 24.0 Å². The lowest BCUT2D eigenvalue weighted by Crippen LogP contribution is -2.40. The molecule has 0 aliphatic carbocycles. The van der Waals surface area contributed by atoms with Crippen molar-refractivity contribution in [3.05, 3.63) is 66.1 Å². The number of hydrogen-bond donors (Lipinski definition) is 0. The lowest BCUT2D eigenvalue weighted by Gasteiger charge is -2.32. The average Bonchev–Trinajstić information content (AvgIpc) is 3.53. The third-order valence-corrected chi connectivity index (χ3v) is 7.84. The molecule has 2 fully saturated rings. The Morgan fingerprint density at radius 1 is 0.939 bits per heavy atom. The third kappa shape index (κ3) is 5.08. The second kappa shape index (κ2) is 10.00. The van der Waals surface area contributed by atoms with Gasteiger partial charge in [0, 0.05) is 55.6 Å². The van der Waals surface area contributed by atoms with Gasteiger partial charge in [0.2, 0.25) is 5.91 Å². The molecule has 1 aromatic carbocycles. The predicted molar refractivity (Wildman–Crippen MR) is 130 cm³/mol. The van der Waals surface area contributed by atoms with E-state index < -0.39 is 0 Å². The van der Waals surface area contributed by atoms with Gasteiger partial charge in [-0.1, -0.05) is 18.2 Å². The molecule has 3 aromatic rings. The number of thioether (sulfide) groups is 1. The Bertz CT molecular complexity index is 1100. The Morgan fingerprint density at radius 2 is 1.70 bits per heavy atom. The van der Waals surface area contributed by atoms with Crippen molar-refractivity contribution in [1.82, 2.24) is 19.2 Å². The number of likely N-dealkylation sites (tertiary alicyclic amines) is 2. The van der Waals surface area contributed by atoms with E-state index in [9.17, 15) is 9.59 Å². The van der Waals surface area contributed by atoms with Gasteiger partial charge in [0.1, 0.15) is 5.65 Å². The molecule has 0 saturated carbocycles. The molecular formula is C26H30N4O2S. The molecule has 172 valence electrons. The van der Waals surface area contributed by atoms with Crippen molar-refractivity contribution in [2.75, 3.05) is 26.2 Å². The van der Waals surface area contributed by atoms with Gasteiger partial charge in [0.15, 0.2) is 0 Å². The van der Waals surface area contributed by atoms with Gasteiger partial charge < -0.3 is 14.2 Å². The minimum Gasteiger partial charge on any atom is -0.343 e. The first-order valence-electron chi connectivity index (χ1n) is 11.9. The molecular weight excluding hydrogens is 432 g/mol. The van der Waals surface area contributed by atoms with Gasteiger partial charge in [0.05, 0.1) is 11.3 Å². The first-order valence-corrected chi connectivity index (χ1v) is 12.9. The number of rotatable bonds is 6. The van der Waals surface area contributed by atoms with Crippen LogP contribution in [0, 0.1) is 5.92 Å². The van der Waals surface area contributed by atoms with E-state index in [1.807, 2.05) is 69.1 Å². The molecule has 5 rings (SSSR count). The summed E-state index contributed by atoms with van der Waals surface area (Å²) in [6, 6.07) is 13.8. The zero-order valence-electron chi connectivity index (χ0n) is 18.9. The first kappa shape index (κ1) is 22.0. The molecule has 0 radical (unpaired) electrons. The number of benzene rings is 1. The highest BCUT2D eigenvalue weighted by Gasteiger charge is 2.28. The van der Waals surface area contributed by atoms with Gasteiger partial charge in [-0.15, -0.1) is 11.8 Å². The predicted octanol–water partition coefficient (Wildman–Crippen LogP) is 4.49. The van der Waals surface area contributed by atoms with Gasteiger partial charge in [-0.3, -0.25) is 9.59 Å². The second-order valence-electron chi connectivity index (χ2n) is 9.01. The Labute approximate surface area is 199 Å². The topological polar surface area (TPSA) is 57.9 Å². The Morgan fingerprint density at radius 3 is 2.48 bits per heavy atom. The summed E-state index contributed by atoms with van der Waals surface area (Å²) >= 11 is 1.66. The smallest absolute Gasteiger partial charge is 0.254 e. The first-order chi connectivity index (χ1) is 16.2. The summed E-state index contributed by atoms with van der Waals surface area (Å²) in [5.74, 6) is 1.50. The van der Waals surface area contributed by atoms with Crippen LogP contribution in [0.4, 0.5) is 0 Å². The summed E-state index contributed by atoms with van der Waals surface area (Å²) in [5, 5.41) is 0. The van der Waals surface area contributed by atoms with Crippen molar-refractivity contribution >= 4 is 29.2 Å². The molecule has 7 heteroatoms. The van der Waals surface area contributed by atoms with E-state index in [0.717, 1.165) is 73.7 Å². The minimum atomic E-state index is 0.0948. The summed E-state index contributed by atoms with van der Waals surface area (Å²) in [5.41, 5.74) is 2.69. The number of amides is 2. The fourth-order valence-electron chi connectivity index (χ4n) is 4.83. The van der Waals surface area contributed by atoms with E-state index in [4.69, 9.17) is 0 Å². The van der Waals surface area contributed by atoms with Crippen molar-refractivity contribution in [3.8, 4) is 0 Å². The van der Waals surface area contributed by atoms with Crippen LogP contribution in [0.3, 0.4) is 0 Å². The number of pyridine rings is 1. The molecule has 0 atom stereocenters. The fourth-order valence-corrected chi connectivity index (χ4v) is 5.76. The van der Waals surface area contributed by atoms with Crippen LogP contribution in [0.1, 0.15) is 48.2 Å². The highest BCUT2D eigenvalue weighted by atomic mass is 32.2. The highest BCUT2D eigenvalue weighted by molar-refractivity contribution is 7.98. The molecule has 2 saturated heterocycles. The molecule has 2 aliphatic rings. The van der Waals surface area contributed by atoms with Crippen molar-refractivity contribution in [3.63, 3.8) is 0 Å². The quantitative estimate of drug-likeness (QED) is 0.507. The van der Waals surface area contributed by atoms with E-state index in [2.05, 4.69) is 4.98 Å². The van der Waals surface area contributed by atoms with Gasteiger partial charge in [0.25, 0.3) is 5.91 Å². The molecule has 0 unspecified atom stereocenters. The van der Waals surface area contributed by atoms with Crippen LogP contribution in [-0.2, 0) is 10.5 Å². The summed E-state index contributed by atoms with van der Waals surface area (Å²) in [7, 11) is 0. The summed E-state index contributed by atoms with van der Waals surface area (Å²) < 4.78 is 2.02. The lowest BCUT2D eigenvalue weighted by atomic mass is 9.92. The molecule has 0 bridgehead atoms. The maximum atomic E-state index is 13.3. The van der Waals surface area contributed by atoms with E-state index in [1.165, 1.54) is 0 Å². The summed E-state index contributed by atoms with van der Waals surface area (Å²) in [6.45, 7) is 3.28. The summed E-state index contributed by atoms with van der Waals surface area (Å²) in [6.07, 6.45) is 8.75. The van der Waals surface area contributed by atoms with Crippen molar-refractivity contribution < 1.29 is 9.59 Å². The number of piperidine rings is 1. The Kier molecular flexibility index (Phi) is 6.67. The van der Waals surface area contributed by atoms with E-state index in [-0.39, 0.29) is 5.91 Å². The normalized spacial score (nSPS) is 17.1. The van der Waals surface area contributed by atoms with Crippen LogP contribution in [0.15, 0.2) is 59.8 Å². The maximum Gasteiger partial charge on any atom is 0.254 e. The monoisotopic (exact) mass is 462 g/mol. The number of nitrogens with zero attached hydrogens (tertiary/aromatic N) is 4. The standard InChI is InChI=1S/C26H30N4O2S/c31-25(28-12-5-6-13-28)17-20-10-15-29(16-11-20)26(32)22-7-1-2-8-23(22)33-19-21-18-30-14-4-3-9-24(30)27-21/h1-4,7-9,14,18,20H,5-6,10-13,15-17,19H2. The number of imidazole rings is 1. The second-order valence-corrected chi connectivity index (χ2v) is 10.0. The minimum absolute atomic E-state index is 0.0948. The molecule has 33 heavy (non-hydrogen) atoms. The van der Waals surface area contributed by atoms with Gasteiger partial charge >= 0.3 is 0 Å². The van der Waals surface area contributed by atoms with Gasteiger partial charge in [-0.25, -0.2) is 4.98 Å². The third-order valence-electron chi connectivity index (χ3n) is 6.73. The highest BCUT2D eigenvalue weighted by Crippen LogP contribution is 2.29. The summed E-state index contributed by atoms with van der Waals surface area (Å²) in [4.78, 5) is 35.4. The van der Waals surface area contributed by atoms with E-state index >= 15 is 0 Å². The molecule has 0 spiro atoms. The molecule has 4 heterocycles. The molecule has 2 aliphatic heterocycles. The van der Waals surface area contributed by atoms with Crippen LogP contribution in [0.5, 0.6) is 0 Å². The number of aromatic nitrogens is 2. The van der Waals surface area contributed by atoms with Crippen LogP contribution >= 0.6 is 11.8 Å². The van der Waals surface area contributed by atoms with Gasteiger partial charge in [-0.2, -0.15) is 0 Å². The largest absolute Gasteiger partial charge is 0.343 e. The van der Waals surface area contributed by atoms with E-state index in [1.54, 1.807) is 11.8 Å². The number of fused-ring (bicyclic) bond motifs is 1. The fraction of sp³-hybridized carbons (Fsp3) is 0.423. The zero-order valence-corrected chi connectivity index (χ0v) is 19.7. The van der Waals surface area contributed by atoms with Crippen LogP contribution in [0.25, 0.3) is 5.65 Å². The van der Waals surface area contributed by atoms with Gasteiger partial charge in [-0.05, 0) is 55.9 Å². The SMILES string of the molecule is O=C(CC1CCN(C(=O)c2ccccc2SCc2cn3ccccc3n2)CC1)N1CCCC1. The molecule has 0 N–H and O–H groups in total. The number of hydrogen-bond acceptors (Lipinski definition) is 4. The molecule has 2 aromatic heterocycles. The van der Waals surface area contributed by atoms with Crippen molar-refractivity contribution in [2.24, 2.45) is 5.92 Å². The van der Waals surface area contributed by atoms with Crippen LogP contribution in [0.2, 0.25) is 0 Å². The Hall–Kier alpha value is -2.80. The van der Waals surface area contributed by atoms with Crippen LogP contribution in [-0.4, -0.2) is 57.2 Å². The van der Waals surface area contributed by atoms with Crippen molar-refractivity contribution in [1.29, 1.82) is 0 Å². The molecule has 6 nitrogen and oxygen atoms in total. The molecule has 2 amide bonds. The maximum absolute atomic E-state index is 13.3. The number of carbonyl (C=O) groups is 2.